The standard InChI is InChI=1S/C9H11ClN2O3S/c1-16(14,15)12-5-7-4-6(9(11)13)2-3-8(7)10/h2-4,12H,5H2,1H3,(H2,11,13). The minimum absolute atomic E-state index is 0.0266. The molecule has 0 atom stereocenters. The number of nitrogens with one attached hydrogen (secondary N) is 1. The van der Waals surface area contributed by atoms with Gasteiger partial charge in [-0.2, -0.15) is 0 Å². The number of halogens is 1. The minimum Gasteiger partial charge on any atom is -0.366 e. The molecule has 0 spiro atoms. The smallest absolute Gasteiger partial charge is 0.248 e. The van der Waals surface area contributed by atoms with Crippen LogP contribution in [-0.4, -0.2) is 20.6 Å². The maximum atomic E-state index is 10.9. The van der Waals surface area contributed by atoms with Gasteiger partial charge in [-0.25, -0.2) is 13.1 Å². The molecule has 0 aromatic heterocycles. The monoisotopic (exact) mass is 262 g/mol. The van der Waals surface area contributed by atoms with Gasteiger partial charge in [-0.1, -0.05) is 11.6 Å². The number of hydrogen-bond donors (Lipinski definition) is 2. The van der Waals surface area contributed by atoms with Gasteiger partial charge >= 0.3 is 0 Å². The van der Waals surface area contributed by atoms with Crippen molar-refractivity contribution in [1.82, 2.24) is 4.72 Å². The number of sulfonamides is 1. The van der Waals surface area contributed by atoms with E-state index in [0.29, 0.717) is 10.6 Å². The van der Waals surface area contributed by atoms with Crippen LogP contribution in [0.1, 0.15) is 15.9 Å². The lowest BCUT2D eigenvalue weighted by molar-refractivity contribution is 0.1000. The third-order valence-electron chi connectivity index (χ3n) is 1.86. The van der Waals surface area contributed by atoms with E-state index in [-0.39, 0.29) is 12.1 Å². The molecule has 5 nitrogen and oxygen atoms in total. The van der Waals surface area contributed by atoms with Gasteiger partial charge in [-0.05, 0) is 23.8 Å². The summed E-state index contributed by atoms with van der Waals surface area (Å²) in [6.45, 7) is 0.0266. The quantitative estimate of drug-likeness (QED) is 0.827. The van der Waals surface area contributed by atoms with E-state index in [2.05, 4.69) is 4.72 Å². The van der Waals surface area contributed by atoms with Gasteiger partial charge in [-0.3, -0.25) is 4.79 Å². The minimum atomic E-state index is -3.30. The Hall–Kier alpha value is -1.11. The van der Waals surface area contributed by atoms with Gasteiger partial charge in [0.2, 0.25) is 15.9 Å². The fourth-order valence-electron chi connectivity index (χ4n) is 1.07. The van der Waals surface area contributed by atoms with Crippen LogP contribution in [0.3, 0.4) is 0 Å². The van der Waals surface area contributed by atoms with E-state index in [4.69, 9.17) is 17.3 Å². The summed E-state index contributed by atoms with van der Waals surface area (Å²) in [5.41, 5.74) is 5.88. The molecule has 7 heteroatoms. The highest BCUT2D eigenvalue weighted by Crippen LogP contribution is 2.17. The van der Waals surface area contributed by atoms with E-state index in [1.807, 2.05) is 0 Å². The van der Waals surface area contributed by atoms with Gasteiger partial charge in [0, 0.05) is 17.1 Å². The molecule has 0 aliphatic carbocycles. The topological polar surface area (TPSA) is 89.3 Å². The fraction of sp³-hybridized carbons (Fsp3) is 0.222. The summed E-state index contributed by atoms with van der Waals surface area (Å²) in [5.74, 6) is -0.586. The van der Waals surface area contributed by atoms with Gasteiger partial charge in [-0.15, -0.1) is 0 Å². The number of rotatable bonds is 4. The Morgan fingerprint density at radius 3 is 2.62 bits per heavy atom. The summed E-state index contributed by atoms with van der Waals surface area (Å²) in [6, 6.07) is 4.44. The zero-order valence-corrected chi connectivity index (χ0v) is 10.1. The highest BCUT2D eigenvalue weighted by Gasteiger charge is 2.08. The third kappa shape index (κ3) is 3.80. The Bertz CT molecular complexity index is 513. The lowest BCUT2D eigenvalue weighted by atomic mass is 10.1. The van der Waals surface area contributed by atoms with Crippen molar-refractivity contribution >= 4 is 27.5 Å². The van der Waals surface area contributed by atoms with Gasteiger partial charge in [0.25, 0.3) is 0 Å². The number of carbonyl (C=O) groups is 1. The van der Waals surface area contributed by atoms with Crippen LogP contribution in [0.4, 0.5) is 0 Å². The summed E-state index contributed by atoms with van der Waals surface area (Å²) in [5, 5.41) is 0.376. The van der Waals surface area contributed by atoms with Crippen LogP contribution in [0, 0.1) is 0 Å². The van der Waals surface area contributed by atoms with Crippen molar-refractivity contribution in [3.05, 3.63) is 34.3 Å². The summed E-state index contributed by atoms with van der Waals surface area (Å²) >= 11 is 5.84. The highest BCUT2D eigenvalue weighted by atomic mass is 35.5. The number of nitrogens with two attached hydrogens (primary N) is 1. The van der Waals surface area contributed by atoms with Crippen molar-refractivity contribution in [1.29, 1.82) is 0 Å². The van der Waals surface area contributed by atoms with Crippen LogP contribution in [0.2, 0.25) is 5.02 Å². The second kappa shape index (κ2) is 4.82. The van der Waals surface area contributed by atoms with Gasteiger partial charge in [0.15, 0.2) is 0 Å². The fourth-order valence-corrected chi connectivity index (χ4v) is 1.67. The Balaban J connectivity index is 2.95. The predicted molar refractivity (Wildman–Crippen MR) is 61.7 cm³/mol. The van der Waals surface area contributed by atoms with E-state index < -0.39 is 15.9 Å². The van der Waals surface area contributed by atoms with Crippen molar-refractivity contribution in [3.63, 3.8) is 0 Å². The normalized spacial score (nSPS) is 11.4. The molecule has 16 heavy (non-hydrogen) atoms. The Kier molecular flexibility index (Phi) is 3.90. The maximum Gasteiger partial charge on any atom is 0.248 e. The van der Waals surface area contributed by atoms with Crippen LogP contribution in [0.5, 0.6) is 0 Å². The lowest BCUT2D eigenvalue weighted by Gasteiger charge is -2.06. The van der Waals surface area contributed by atoms with E-state index in [9.17, 15) is 13.2 Å². The predicted octanol–water partition coefficient (Wildman–Crippen LogP) is 0.488. The average Bonchev–Trinajstić information content (AvgIpc) is 2.14. The Morgan fingerprint density at radius 1 is 1.50 bits per heavy atom. The molecule has 0 heterocycles. The largest absolute Gasteiger partial charge is 0.366 e. The molecule has 88 valence electrons. The number of carbonyl (C=O) groups excluding carboxylic acids is 1. The molecular weight excluding hydrogens is 252 g/mol. The second-order valence-electron chi connectivity index (χ2n) is 3.26. The molecule has 3 N–H and O–H groups in total. The molecule has 0 unspecified atom stereocenters. The van der Waals surface area contributed by atoms with Gasteiger partial charge < -0.3 is 5.73 Å². The molecular formula is C9H11ClN2O3S. The highest BCUT2D eigenvalue weighted by molar-refractivity contribution is 7.88. The van der Waals surface area contributed by atoms with Gasteiger partial charge in [0.05, 0.1) is 6.26 Å². The first-order valence-corrected chi connectivity index (χ1v) is 6.59. The van der Waals surface area contributed by atoms with E-state index in [1.165, 1.54) is 18.2 Å². The summed E-state index contributed by atoms with van der Waals surface area (Å²) < 4.78 is 24.1. The number of amides is 1. The average molecular weight is 263 g/mol. The van der Waals surface area contributed by atoms with Crippen LogP contribution < -0.4 is 10.5 Å². The van der Waals surface area contributed by atoms with Gasteiger partial charge in [0.1, 0.15) is 0 Å². The molecule has 1 aromatic rings. The van der Waals surface area contributed by atoms with Crippen LogP contribution >= 0.6 is 11.6 Å². The van der Waals surface area contributed by atoms with Crippen LogP contribution in [-0.2, 0) is 16.6 Å². The van der Waals surface area contributed by atoms with E-state index >= 15 is 0 Å². The Morgan fingerprint density at radius 2 is 2.12 bits per heavy atom. The third-order valence-corrected chi connectivity index (χ3v) is 2.89. The second-order valence-corrected chi connectivity index (χ2v) is 5.50. The van der Waals surface area contributed by atoms with Crippen molar-refractivity contribution in [2.24, 2.45) is 5.73 Å². The molecule has 0 bridgehead atoms. The molecule has 1 amide bonds. The molecule has 0 aliphatic rings. The molecule has 0 saturated carbocycles. The SMILES string of the molecule is CS(=O)(=O)NCc1cc(C(N)=O)ccc1Cl. The number of benzene rings is 1. The van der Waals surface area contributed by atoms with Crippen molar-refractivity contribution < 1.29 is 13.2 Å². The summed E-state index contributed by atoms with van der Waals surface area (Å²) in [6.07, 6.45) is 1.04. The maximum absolute atomic E-state index is 10.9. The Labute approximate surface area is 98.6 Å². The van der Waals surface area contributed by atoms with Crippen molar-refractivity contribution in [2.75, 3.05) is 6.26 Å². The molecule has 0 saturated heterocycles. The van der Waals surface area contributed by atoms with Crippen molar-refractivity contribution in [2.45, 2.75) is 6.54 Å². The first-order valence-electron chi connectivity index (χ1n) is 4.32. The summed E-state index contributed by atoms with van der Waals surface area (Å²) in [4.78, 5) is 10.9. The zero-order chi connectivity index (χ0) is 12.3. The molecule has 0 radical (unpaired) electrons. The van der Waals surface area contributed by atoms with Crippen molar-refractivity contribution in [3.8, 4) is 0 Å². The lowest BCUT2D eigenvalue weighted by Crippen LogP contribution is -2.21. The summed E-state index contributed by atoms with van der Waals surface area (Å²) in [7, 11) is -3.30. The van der Waals surface area contributed by atoms with Crippen LogP contribution in [0.15, 0.2) is 18.2 Å². The first kappa shape index (κ1) is 13.0. The molecule has 0 fully saturated rings. The molecule has 0 aliphatic heterocycles. The molecule has 1 rings (SSSR count). The first-order chi connectivity index (χ1) is 7.29. The zero-order valence-electron chi connectivity index (χ0n) is 8.53. The number of primary amides is 1. The van der Waals surface area contributed by atoms with Crippen LogP contribution in [0.25, 0.3) is 0 Å². The van der Waals surface area contributed by atoms with E-state index in [0.717, 1.165) is 6.26 Å². The molecule has 1 aromatic carbocycles. The van der Waals surface area contributed by atoms with E-state index in [1.54, 1.807) is 0 Å². The number of hydrogen-bond acceptors (Lipinski definition) is 3.